The average Bonchev–Trinajstić information content (AvgIpc) is 2.77. The predicted octanol–water partition coefficient (Wildman–Crippen LogP) is 1.86. The van der Waals surface area contributed by atoms with Crippen LogP contribution in [0.25, 0.3) is 22.4 Å². The fraction of sp³-hybridized carbons (Fsp3) is 0.133. The summed E-state index contributed by atoms with van der Waals surface area (Å²) in [5.41, 5.74) is 15.6. The van der Waals surface area contributed by atoms with Crippen molar-refractivity contribution in [1.82, 2.24) is 9.55 Å². The van der Waals surface area contributed by atoms with E-state index < -0.39 is 0 Å². The highest BCUT2D eigenvalue weighted by molar-refractivity contribution is 5.82. The Labute approximate surface area is 116 Å². The van der Waals surface area contributed by atoms with Crippen LogP contribution in [0.5, 0.6) is 0 Å². The zero-order valence-corrected chi connectivity index (χ0v) is 11.0. The van der Waals surface area contributed by atoms with Gasteiger partial charge in [-0.2, -0.15) is 0 Å². The van der Waals surface area contributed by atoms with Crippen LogP contribution in [0.1, 0.15) is 0 Å². The summed E-state index contributed by atoms with van der Waals surface area (Å²) >= 11 is 0. The Bertz CT molecular complexity index is 743. The molecular weight excluding hydrogens is 252 g/mol. The van der Waals surface area contributed by atoms with Crippen LogP contribution in [0, 0.1) is 0 Å². The molecule has 0 aliphatic heterocycles. The van der Waals surface area contributed by atoms with Crippen LogP contribution < -0.4 is 11.5 Å². The van der Waals surface area contributed by atoms with Gasteiger partial charge in [-0.25, -0.2) is 4.98 Å². The molecule has 1 aromatic heterocycles. The zero-order chi connectivity index (χ0) is 14.1. The number of anilines is 2. The SMILES string of the molecule is Nc1cc(N)cc(-c2nc3ccccc3n2CCO)c1. The summed E-state index contributed by atoms with van der Waals surface area (Å²) in [7, 11) is 0. The van der Waals surface area contributed by atoms with Crippen LogP contribution in [0.2, 0.25) is 0 Å². The lowest BCUT2D eigenvalue weighted by Crippen LogP contribution is -2.04. The minimum Gasteiger partial charge on any atom is -0.399 e. The van der Waals surface area contributed by atoms with Gasteiger partial charge in [0.15, 0.2) is 0 Å². The molecule has 0 radical (unpaired) electrons. The predicted molar refractivity (Wildman–Crippen MR) is 81.1 cm³/mol. The molecule has 0 saturated carbocycles. The van der Waals surface area contributed by atoms with E-state index in [-0.39, 0.29) is 6.61 Å². The summed E-state index contributed by atoms with van der Waals surface area (Å²) < 4.78 is 1.98. The Morgan fingerprint density at radius 2 is 1.75 bits per heavy atom. The topological polar surface area (TPSA) is 90.1 Å². The van der Waals surface area contributed by atoms with Gasteiger partial charge >= 0.3 is 0 Å². The molecule has 3 aromatic rings. The van der Waals surface area contributed by atoms with E-state index in [1.165, 1.54) is 0 Å². The molecular formula is C15H16N4O. The van der Waals surface area contributed by atoms with Crippen molar-refractivity contribution in [3.8, 4) is 11.4 Å². The average molecular weight is 268 g/mol. The van der Waals surface area contributed by atoms with Crippen molar-refractivity contribution in [1.29, 1.82) is 0 Å². The second kappa shape index (κ2) is 4.86. The maximum atomic E-state index is 9.28. The van der Waals surface area contributed by atoms with Crippen LogP contribution in [-0.2, 0) is 6.54 Å². The van der Waals surface area contributed by atoms with Crippen LogP contribution in [-0.4, -0.2) is 21.3 Å². The van der Waals surface area contributed by atoms with Crippen molar-refractivity contribution in [2.75, 3.05) is 18.1 Å². The third-order valence-corrected chi connectivity index (χ3v) is 3.21. The Balaban J connectivity index is 2.26. The van der Waals surface area contributed by atoms with E-state index >= 15 is 0 Å². The first kappa shape index (κ1) is 12.5. The lowest BCUT2D eigenvalue weighted by atomic mass is 10.1. The number of aromatic nitrogens is 2. The molecule has 20 heavy (non-hydrogen) atoms. The molecule has 1 heterocycles. The lowest BCUT2D eigenvalue weighted by Gasteiger charge is -2.09. The fourth-order valence-corrected chi connectivity index (χ4v) is 2.43. The van der Waals surface area contributed by atoms with E-state index in [0.29, 0.717) is 17.9 Å². The van der Waals surface area contributed by atoms with Crippen LogP contribution in [0.4, 0.5) is 11.4 Å². The number of rotatable bonds is 3. The van der Waals surface area contributed by atoms with Crippen LogP contribution in [0.3, 0.4) is 0 Å². The Kier molecular flexibility index (Phi) is 3.04. The van der Waals surface area contributed by atoms with Gasteiger partial charge in [-0.3, -0.25) is 0 Å². The van der Waals surface area contributed by atoms with Crippen molar-refractivity contribution in [2.24, 2.45) is 0 Å². The van der Waals surface area contributed by atoms with Gasteiger partial charge < -0.3 is 21.1 Å². The third kappa shape index (κ3) is 2.08. The van der Waals surface area contributed by atoms with E-state index in [0.717, 1.165) is 22.4 Å². The highest BCUT2D eigenvalue weighted by Crippen LogP contribution is 2.27. The number of imidazole rings is 1. The molecule has 5 N–H and O–H groups in total. The smallest absolute Gasteiger partial charge is 0.141 e. The second-order valence-electron chi connectivity index (χ2n) is 4.69. The standard InChI is InChI=1S/C15H16N4O/c16-11-7-10(8-12(17)9-11)15-18-13-3-1-2-4-14(13)19(15)5-6-20/h1-4,7-9,20H,5-6,16-17H2. The number of hydrogen-bond acceptors (Lipinski definition) is 4. The summed E-state index contributed by atoms with van der Waals surface area (Å²) in [5.74, 6) is 0.763. The monoisotopic (exact) mass is 268 g/mol. The number of aliphatic hydroxyl groups excluding tert-OH is 1. The first-order valence-electron chi connectivity index (χ1n) is 6.41. The molecule has 0 spiro atoms. The summed E-state index contributed by atoms with van der Waals surface area (Å²) in [5, 5.41) is 9.28. The van der Waals surface area contributed by atoms with Crippen LogP contribution in [0.15, 0.2) is 42.5 Å². The minimum absolute atomic E-state index is 0.0468. The molecule has 102 valence electrons. The third-order valence-electron chi connectivity index (χ3n) is 3.21. The quantitative estimate of drug-likeness (QED) is 0.632. The van der Waals surface area contributed by atoms with Gasteiger partial charge in [0.1, 0.15) is 5.82 Å². The van der Waals surface area contributed by atoms with Crippen molar-refractivity contribution in [3.05, 3.63) is 42.5 Å². The lowest BCUT2D eigenvalue weighted by molar-refractivity contribution is 0.278. The molecule has 0 aliphatic carbocycles. The van der Waals surface area contributed by atoms with E-state index in [1.807, 2.05) is 41.0 Å². The fourth-order valence-electron chi connectivity index (χ4n) is 2.43. The number of nitrogen functional groups attached to an aromatic ring is 2. The van der Waals surface area contributed by atoms with Gasteiger partial charge in [0, 0.05) is 23.5 Å². The van der Waals surface area contributed by atoms with E-state index in [1.54, 1.807) is 6.07 Å². The van der Waals surface area contributed by atoms with E-state index in [9.17, 15) is 5.11 Å². The number of aliphatic hydroxyl groups is 1. The van der Waals surface area contributed by atoms with Gasteiger partial charge in [0.05, 0.1) is 17.6 Å². The molecule has 0 atom stereocenters. The first-order valence-corrected chi connectivity index (χ1v) is 6.41. The molecule has 0 fully saturated rings. The van der Waals surface area contributed by atoms with E-state index in [4.69, 9.17) is 11.5 Å². The molecule has 3 rings (SSSR count). The first-order chi connectivity index (χ1) is 9.69. The molecule has 0 aliphatic rings. The van der Waals surface area contributed by atoms with Crippen molar-refractivity contribution < 1.29 is 5.11 Å². The molecule has 0 unspecified atom stereocenters. The van der Waals surface area contributed by atoms with Crippen LogP contribution >= 0.6 is 0 Å². The largest absolute Gasteiger partial charge is 0.399 e. The Hall–Kier alpha value is -2.53. The highest BCUT2D eigenvalue weighted by atomic mass is 16.3. The maximum absolute atomic E-state index is 9.28. The van der Waals surface area contributed by atoms with Gasteiger partial charge in [-0.1, -0.05) is 12.1 Å². The van der Waals surface area contributed by atoms with Gasteiger partial charge in [-0.15, -0.1) is 0 Å². The number of hydrogen-bond donors (Lipinski definition) is 3. The summed E-state index contributed by atoms with van der Waals surface area (Å²) in [6.45, 7) is 0.524. The Morgan fingerprint density at radius 3 is 2.45 bits per heavy atom. The summed E-state index contributed by atoms with van der Waals surface area (Å²) in [6.07, 6.45) is 0. The van der Waals surface area contributed by atoms with Crippen molar-refractivity contribution in [2.45, 2.75) is 6.54 Å². The molecule has 2 aromatic carbocycles. The number of benzene rings is 2. The number of para-hydroxylation sites is 2. The Morgan fingerprint density at radius 1 is 1.05 bits per heavy atom. The van der Waals surface area contributed by atoms with Crippen molar-refractivity contribution >= 4 is 22.4 Å². The minimum atomic E-state index is 0.0468. The second-order valence-corrected chi connectivity index (χ2v) is 4.69. The van der Waals surface area contributed by atoms with Crippen molar-refractivity contribution in [3.63, 3.8) is 0 Å². The molecule has 0 bridgehead atoms. The number of nitrogens with two attached hydrogens (primary N) is 2. The van der Waals surface area contributed by atoms with Gasteiger partial charge in [-0.05, 0) is 30.3 Å². The molecule has 5 nitrogen and oxygen atoms in total. The summed E-state index contributed by atoms with van der Waals surface area (Å²) in [4.78, 5) is 4.62. The maximum Gasteiger partial charge on any atom is 0.141 e. The highest BCUT2D eigenvalue weighted by Gasteiger charge is 2.12. The zero-order valence-electron chi connectivity index (χ0n) is 11.0. The van der Waals surface area contributed by atoms with Gasteiger partial charge in [0.25, 0.3) is 0 Å². The molecule has 0 amide bonds. The number of nitrogens with zero attached hydrogens (tertiary/aromatic N) is 2. The molecule has 0 saturated heterocycles. The van der Waals surface area contributed by atoms with Gasteiger partial charge in [0.2, 0.25) is 0 Å². The normalized spacial score (nSPS) is 11.1. The summed E-state index contributed by atoms with van der Waals surface area (Å²) in [6, 6.07) is 13.2. The number of fused-ring (bicyclic) bond motifs is 1. The molecule has 5 heteroatoms. The van der Waals surface area contributed by atoms with E-state index in [2.05, 4.69) is 4.98 Å².